The van der Waals surface area contributed by atoms with Gasteiger partial charge >= 0.3 is 0 Å². The fourth-order valence-corrected chi connectivity index (χ4v) is 2.48. The lowest BCUT2D eigenvalue weighted by atomic mass is 9.88. The highest BCUT2D eigenvalue weighted by Gasteiger charge is 2.46. The summed E-state index contributed by atoms with van der Waals surface area (Å²) >= 11 is 0. The highest BCUT2D eigenvalue weighted by Crippen LogP contribution is 2.38. The summed E-state index contributed by atoms with van der Waals surface area (Å²) in [5, 5.41) is 0. The number of benzene rings is 1. The molecule has 1 aliphatic rings. The normalized spacial score (nSPS) is 21.3. The molecule has 1 atom stereocenters. The molecule has 0 fully saturated rings. The molecule has 2 heterocycles. The van der Waals surface area contributed by atoms with Crippen LogP contribution in [0.1, 0.15) is 5.56 Å². The van der Waals surface area contributed by atoms with E-state index in [4.69, 9.17) is 10.5 Å². The lowest BCUT2D eigenvalue weighted by Gasteiger charge is -2.33. The Morgan fingerprint density at radius 2 is 1.91 bits per heavy atom. The van der Waals surface area contributed by atoms with Crippen molar-refractivity contribution in [3.05, 3.63) is 48.3 Å². The van der Waals surface area contributed by atoms with Crippen molar-refractivity contribution in [1.29, 1.82) is 0 Å². The number of ether oxygens (including phenoxy) is 1. The highest BCUT2D eigenvalue weighted by atomic mass is 19.3. The molecule has 120 valence electrons. The van der Waals surface area contributed by atoms with E-state index in [1.807, 2.05) is 0 Å². The van der Waals surface area contributed by atoms with Crippen LogP contribution < -0.4 is 5.73 Å². The Morgan fingerprint density at radius 3 is 2.57 bits per heavy atom. The van der Waals surface area contributed by atoms with Gasteiger partial charge in [0.25, 0.3) is 6.43 Å². The van der Waals surface area contributed by atoms with Crippen molar-refractivity contribution in [2.24, 2.45) is 10.7 Å². The maximum Gasteiger partial charge on any atom is 0.269 e. The minimum Gasteiger partial charge on any atom is -0.385 e. The number of hydrogen-bond donors (Lipinski definition) is 1. The summed E-state index contributed by atoms with van der Waals surface area (Å²) < 4.78 is 46.8. The summed E-state index contributed by atoms with van der Waals surface area (Å²) in [5.74, 6) is -0.891. The first kappa shape index (κ1) is 15.4. The Morgan fingerprint density at radius 1 is 1.17 bits per heavy atom. The Kier molecular flexibility index (Phi) is 3.99. The van der Waals surface area contributed by atoms with Crippen molar-refractivity contribution in [2.75, 3.05) is 13.2 Å². The third-order valence-electron chi connectivity index (χ3n) is 3.60. The number of nitrogens with zero attached hydrogens (tertiary/aromatic N) is 3. The second-order valence-electron chi connectivity index (χ2n) is 5.14. The Hall–Kier alpha value is -2.48. The molecule has 0 unspecified atom stereocenters. The summed E-state index contributed by atoms with van der Waals surface area (Å²) in [6, 6.07) is 3.89. The molecule has 3 rings (SSSR count). The number of aromatic nitrogens is 2. The number of rotatable bonds is 3. The standard InChI is InChI=1S/C15H13F3N4O/c16-12-2-1-9(10-4-20-8-21-5-10)3-11(12)15(14(17)18)7-23-6-13(19)22-15/h1-5,8,14H,6-7H2,(H2,19,22)/t15-/m1/s1. The van der Waals surface area contributed by atoms with Crippen LogP contribution >= 0.6 is 0 Å². The van der Waals surface area contributed by atoms with Gasteiger partial charge in [0.05, 0.1) is 6.61 Å². The first-order chi connectivity index (χ1) is 11.0. The van der Waals surface area contributed by atoms with Crippen LogP contribution in [-0.2, 0) is 10.3 Å². The molecule has 8 heteroatoms. The van der Waals surface area contributed by atoms with Gasteiger partial charge in [-0.2, -0.15) is 0 Å². The second-order valence-corrected chi connectivity index (χ2v) is 5.14. The molecule has 0 bridgehead atoms. The van der Waals surface area contributed by atoms with Gasteiger partial charge in [-0.1, -0.05) is 6.07 Å². The van der Waals surface area contributed by atoms with Crippen LogP contribution in [0.5, 0.6) is 0 Å². The largest absolute Gasteiger partial charge is 0.385 e. The Bertz CT molecular complexity index is 739. The summed E-state index contributed by atoms with van der Waals surface area (Å²) in [5.41, 5.74) is 4.19. The van der Waals surface area contributed by atoms with E-state index in [1.54, 1.807) is 0 Å². The third-order valence-corrected chi connectivity index (χ3v) is 3.60. The van der Waals surface area contributed by atoms with Gasteiger partial charge in [0, 0.05) is 23.5 Å². The summed E-state index contributed by atoms with van der Waals surface area (Å²) in [7, 11) is 0. The number of aliphatic imine (C=N–C) groups is 1. The van der Waals surface area contributed by atoms with Crippen LogP contribution in [0.2, 0.25) is 0 Å². The first-order valence-electron chi connectivity index (χ1n) is 6.78. The van der Waals surface area contributed by atoms with Gasteiger partial charge < -0.3 is 10.5 Å². The van der Waals surface area contributed by atoms with Gasteiger partial charge in [0.1, 0.15) is 24.6 Å². The van der Waals surface area contributed by atoms with Crippen molar-refractivity contribution in [2.45, 2.75) is 12.0 Å². The minimum atomic E-state index is -2.97. The Balaban J connectivity index is 2.16. The zero-order valence-corrected chi connectivity index (χ0v) is 11.9. The van der Waals surface area contributed by atoms with E-state index in [9.17, 15) is 13.2 Å². The summed E-state index contributed by atoms with van der Waals surface area (Å²) in [4.78, 5) is 11.6. The van der Waals surface area contributed by atoms with Gasteiger partial charge in [-0.3, -0.25) is 4.99 Å². The summed E-state index contributed by atoms with van der Waals surface area (Å²) in [6.45, 7) is -0.501. The van der Waals surface area contributed by atoms with Crippen molar-refractivity contribution >= 4 is 5.84 Å². The van der Waals surface area contributed by atoms with Crippen LogP contribution in [0.25, 0.3) is 11.1 Å². The van der Waals surface area contributed by atoms with Gasteiger partial charge in [-0.05, 0) is 17.7 Å². The van der Waals surface area contributed by atoms with Gasteiger partial charge in [-0.15, -0.1) is 0 Å². The van der Waals surface area contributed by atoms with Crippen molar-refractivity contribution < 1.29 is 17.9 Å². The molecule has 0 radical (unpaired) electrons. The number of halogens is 3. The molecular weight excluding hydrogens is 309 g/mol. The lowest BCUT2D eigenvalue weighted by Crippen LogP contribution is -2.45. The molecule has 23 heavy (non-hydrogen) atoms. The highest BCUT2D eigenvalue weighted by molar-refractivity contribution is 5.82. The molecule has 0 aliphatic carbocycles. The number of nitrogens with two attached hydrogens (primary N) is 1. The quantitative estimate of drug-likeness (QED) is 0.939. The van der Waals surface area contributed by atoms with E-state index in [-0.39, 0.29) is 18.0 Å². The van der Waals surface area contributed by atoms with E-state index in [0.717, 1.165) is 6.07 Å². The van der Waals surface area contributed by atoms with E-state index in [0.29, 0.717) is 11.1 Å². The smallest absolute Gasteiger partial charge is 0.269 e. The molecule has 1 aromatic carbocycles. The third kappa shape index (κ3) is 2.77. The van der Waals surface area contributed by atoms with E-state index in [2.05, 4.69) is 15.0 Å². The molecular formula is C15H13F3N4O. The second kappa shape index (κ2) is 5.96. The molecule has 1 aromatic heterocycles. The zero-order chi connectivity index (χ0) is 16.4. The Labute approximate surface area is 130 Å². The fourth-order valence-electron chi connectivity index (χ4n) is 2.48. The minimum absolute atomic E-state index is 0.0533. The van der Waals surface area contributed by atoms with Crippen LogP contribution in [0.3, 0.4) is 0 Å². The number of hydrogen-bond acceptors (Lipinski definition) is 5. The van der Waals surface area contributed by atoms with Crippen molar-refractivity contribution in [3.8, 4) is 11.1 Å². The van der Waals surface area contributed by atoms with E-state index >= 15 is 0 Å². The molecule has 1 aliphatic heterocycles. The van der Waals surface area contributed by atoms with E-state index in [1.165, 1.54) is 30.9 Å². The monoisotopic (exact) mass is 322 g/mol. The maximum absolute atomic E-state index is 14.3. The van der Waals surface area contributed by atoms with Crippen LogP contribution in [-0.4, -0.2) is 35.4 Å². The molecule has 5 nitrogen and oxygen atoms in total. The topological polar surface area (TPSA) is 73.4 Å². The predicted molar refractivity (Wildman–Crippen MR) is 77.5 cm³/mol. The fraction of sp³-hybridized carbons (Fsp3) is 0.267. The molecule has 0 saturated carbocycles. The number of amidine groups is 1. The van der Waals surface area contributed by atoms with Crippen molar-refractivity contribution in [3.63, 3.8) is 0 Å². The molecule has 2 N–H and O–H groups in total. The zero-order valence-electron chi connectivity index (χ0n) is 11.9. The van der Waals surface area contributed by atoms with Gasteiger partial charge in [-0.25, -0.2) is 23.1 Å². The molecule has 0 saturated heterocycles. The van der Waals surface area contributed by atoms with Crippen molar-refractivity contribution in [1.82, 2.24) is 9.97 Å². The van der Waals surface area contributed by atoms with Gasteiger partial charge in [0.2, 0.25) is 0 Å². The SMILES string of the molecule is NC1=N[C@](c2cc(-c3cncnc3)ccc2F)(C(F)F)COC1. The van der Waals surface area contributed by atoms with Crippen LogP contribution in [0.4, 0.5) is 13.2 Å². The predicted octanol–water partition coefficient (Wildman–Crippen LogP) is 2.13. The van der Waals surface area contributed by atoms with Crippen LogP contribution in [0.15, 0.2) is 41.9 Å². The molecule has 0 spiro atoms. The van der Waals surface area contributed by atoms with E-state index < -0.39 is 24.4 Å². The maximum atomic E-state index is 14.3. The molecule has 2 aromatic rings. The van der Waals surface area contributed by atoms with Gasteiger partial charge in [0.15, 0.2) is 5.54 Å². The average Bonchev–Trinajstić information content (AvgIpc) is 2.56. The first-order valence-corrected chi connectivity index (χ1v) is 6.78. The number of alkyl halides is 2. The lowest BCUT2D eigenvalue weighted by molar-refractivity contribution is -0.0145. The average molecular weight is 322 g/mol. The summed E-state index contributed by atoms with van der Waals surface area (Å²) in [6.07, 6.45) is 1.38. The van der Waals surface area contributed by atoms with Crippen LogP contribution in [0, 0.1) is 5.82 Å². The molecule has 0 amide bonds.